The number of nitrogens with zero attached hydrogens (tertiary/aromatic N) is 2. The molecule has 0 spiro atoms. The van der Waals surface area contributed by atoms with Crippen molar-refractivity contribution in [1.29, 1.82) is 0 Å². The molecule has 2 aromatic heterocycles. The molecule has 2 aliphatic rings. The molecule has 1 saturated heterocycles. The summed E-state index contributed by atoms with van der Waals surface area (Å²) in [7, 11) is 0. The summed E-state index contributed by atoms with van der Waals surface area (Å²) >= 11 is 0. The first-order valence-corrected chi connectivity index (χ1v) is 13.6. The molecule has 10 heteroatoms. The lowest BCUT2D eigenvalue weighted by atomic mass is 10.0. The van der Waals surface area contributed by atoms with Gasteiger partial charge in [0.25, 0.3) is 5.91 Å². The lowest BCUT2D eigenvalue weighted by Gasteiger charge is -2.29. The van der Waals surface area contributed by atoms with Gasteiger partial charge in [-0.25, -0.2) is 8.78 Å². The van der Waals surface area contributed by atoms with Crippen LogP contribution in [0.3, 0.4) is 0 Å². The first kappa shape index (κ1) is 26.6. The van der Waals surface area contributed by atoms with E-state index in [2.05, 4.69) is 27.5 Å². The van der Waals surface area contributed by atoms with E-state index in [0.29, 0.717) is 23.5 Å². The zero-order chi connectivity index (χ0) is 28.8. The Morgan fingerprint density at radius 1 is 1.10 bits per heavy atom. The van der Waals surface area contributed by atoms with Gasteiger partial charge in [0, 0.05) is 52.2 Å². The Balaban J connectivity index is 1.08. The molecule has 1 aliphatic heterocycles. The normalized spacial score (nSPS) is 21.8. The average Bonchev–Trinajstić information content (AvgIpc) is 3.31. The highest BCUT2D eigenvalue weighted by molar-refractivity contribution is 5.98. The van der Waals surface area contributed by atoms with Crippen LogP contribution in [-0.2, 0) is 9.59 Å². The van der Waals surface area contributed by atoms with Crippen LogP contribution >= 0.6 is 0 Å². The number of benzene rings is 2. The molecule has 4 aromatic rings. The number of nitrogens with one attached hydrogen (secondary N) is 3. The van der Waals surface area contributed by atoms with Gasteiger partial charge in [-0.1, -0.05) is 19.1 Å². The van der Waals surface area contributed by atoms with Gasteiger partial charge < -0.3 is 20.5 Å². The summed E-state index contributed by atoms with van der Waals surface area (Å²) in [6.45, 7) is 3.70. The number of fused-ring (bicyclic) bond motifs is 2. The van der Waals surface area contributed by atoms with E-state index in [-0.39, 0.29) is 41.9 Å². The Kier molecular flexibility index (Phi) is 6.76. The third-order valence-electron chi connectivity index (χ3n) is 8.31. The molecule has 0 radical (unpaired) electrons. The van der Waals surface area contributed by atoms with Crippen LogP contribution in [0, 0.1) is 23.5 Å². The minimum absolute atomic E-state index is 0.0190. The topological polar surface area (TPSA) is 107 Å². The van der Waals surface area contributed by atoms with Crippen molar-refractivity contribution >= 4 is 28.6 Å². The van der Waals surface area contributed by atoms with Crippen LogP contribution in [0.5, 0.6) is 0 Å². The SMILES string of the molecule is CC1C2CC(C(=O)N[C@H](C)c3cc4cnccc4[nH]3)N(C(=O)CNC(=O)c3ccc(-c4ccc(F)cc4F)cc3)C12. The Bertz CT molecular complexity index is 1620. The predicted octanol–water partition coefficient (Wildman–Crippen LogP) is 4.35. The standard InChI is InChI=1S/C31H29F2N5O3/c1-16-23-13-27(31(41)36-17(2)26-11-20-14-34-10-9-25(20)37-26)38(29(16)23)28(39)15-35-30(40)19-5-3-18(4-6-19)22-8-7-21(32)12-24(22)33/h3-12,14,16-17,23,27,29,37H,13,15H2,1-2H3,(H,35,40)(H,36,41)/t16?,17-,23?,27?,29?/m1/s1. The maximum Gasteiger partial charge on any atom is 0.251 e. The first-order chi connectivity index (χ1) is 19.7. The highest BCUT2D eigenvalue weighted by Crippen LogP contribution is 2.53. The third kappa shape index (κ3) is 5.05. The van der Waals surface area contributed by atoms with Crippen molar-refractivity contribution in [3.63, 3.8) is 0 Å². The number of carbonyl (C=O) groups is 3. The zero-order valence-corrected chi connectivity index (χ0v) is 22.5. The highest BCUT2D eigenvalue weighted by Gasteiger charge is 2.61. The molecule has 5 atom stereocenters. The summed E-state index contributed by atoms with van der Waals surface area (Å²) in [5, 5.41) is 6.64. The van der Waals surface area contributed by atoms with Gasteiger partial charge in [0.05, 0.1) is 12.6 Å². The van der Waals surface area contributed by atoms with Crippen molar-refractivity contribution in [3.05, 3.63) is 89.9 Å². The Hall–Kier alpha value is -4.60. The van der Waals surface area contributed by atoms with Crippen LogP contribution in [0.2, 0.25) is 0 Å². The molecule has 8 nitrogen and oxygen atoms in total. The van der Waals surface area contributed by atoms with Crippen molar-refractivity contribution in [1.82, 2.24) is 25.5 Å². The second-order valence-electron chi connectivity index (χ2n) is 10.9. The van der Waals surface area contributed by atoms with Crippen LogP contribution in [-0.4, -0.2) is 51.2 Å². The lowest BCUT2D eigenvalue weighted by molar-refractivity contribution is -0.139. The monoisotopic (exact) mass is 557 g/mol. The van der Waals surface area contributed by atoms with E-state index in [1.54, 1.807) is 29.4 Å². The minimum Gasteiger partial charge on any atom is -0.357 e. The number of aromatic amines is 1. The quantitative estimate of drug-likeness (QED) is 0.314. The van der Waals surface area contributed by atoms with Gasteiger partial charge in [0.2, 0.25) is 11.8 Å². The maximum absolute atomic E-state index is 14.1. The fourth-order valence-electron chi connectivity index (χ4n) is 5.98. The molecule has 41 heavy (non-hydrogen) atoms. The summed E-state index contributed by atoms with van der Waals surface area (Å²) in [6.07, 6.45) is 4.04. The van der Waals surface area contributed by atoms with Gasteiger partial charge in [-0.3, -0.25) is 19.4 Å². The maximum atomic E-state index is 14.1. The van der Waals surface area contributed by atoms with Gasteiger partial charge in [0.1, 0.15) is 17.7 Å². The Labute approximate surface area is 235 Å². The average molecular weight is 558 g/mol. The molecule has 1 aliphatic carbocycles. The molecule has 2 fully saturated rings. The summed E-state index contributed by atoms with van der Waals surface area (Å²) < 4.78 is 27.3. The summed E-state index contributed by atoms with van der Waals surface area (Å²) in [5.74, 6) is -1.81. The van der Waals surface area contributed by atoms with Crippen LogP contribution in [0.15, 0.2) is 67.0 Å². The van der Waals surface area contributed by atoms with E-state index in [4.69, 9.17) is 0 Å². The van der Waals surface area contributed by atoms with E-state index in [0.717, 1.165) is 22.7 Å². The molecule has 6 rings (SSSR count). The fraction of sp³-hybridized carbons (Fsp3) is 0.290. The van der Waals surface area contributed by atoms with E-state index in [1.807, 2.05) is 19.1 Å². The predicted molar refractivity (Wildman–Crippen MR) is 148 cm³/mol. The number of hydrogen-bond acceptors (Lipinski definition) is 4. The molecule has 1 saturated carbocycles. The number of aromatic nitrogens is 2. The highest BCUT2D eigenvalue weighted by atomic mass is 19.1. The first-order valence-electron chi connectivity index (χ1n) is 13.6. The second-order valence-corrected chi connectivity index (χ2v) is 10.9. The number of piperidine rings is 1. The minimum atomic E-state index is -0.697. The lowest BCUT2D eigenvalue weighted by Crippen LogP contribution is -2.51. The van der Waals surface area contributed by atoms with Crippen molar-refractivity contribution in [2.24, 2.45) is 11.8 Å². The number of rotatable bonds is 7. The molecule has 3 N–H and O–H groups in total. The number of likely N-dealkylation sites (tertiary alicyclic amines) is 1. The van der Waals surface area contributed by atoms with Crippen LogP contribution in [0.25, 0.3) is 22.0 Å². The molecular weight excluding hydrogens is 528 g/mol. The number of halogens is 2. The van der Waals surface area contributed by atoms with Crippen molar-refractivity contribution in [2.45, 2.75) is 38.4 Å². The van der Waals surface area contributed by atoms with Crippen LogP contribution < -0.4 is 10.6 Å². The number of carbonyl (C=O) groups excluding carboxylic acids is 3. The van der Waals surface area contributed by atoms with Gasteiger partial charge in [-0.15, -0.1) is 0 Å². The van der Waals surface area contributed by atoms with Crippen molar-refractivity contribution < 1.29 is 23.2 Å². The van der Waals surface area contributed by atoms with Gasteiger partial charge in [0.15, 0.2) is 0 Å². The van der Waals surface area contributed by atoms with Crippen molar-refractivity contribution in [3.8, 4) is 11.1 Å². The van der Waals surface area contributed by atoms with Gasteiger partial charge in [-0.2, -0.15) is 0 Å². The van der Waals surface area contributed by atoms with Gasteiger partial charge >= 0.3 is 0 Å². The molecule has 3 heterocycles. The number of amides is 3. The second kappa shape index (κ2) is 10.4. The molecule has 4 unspecified atom stereocenters. The van der Waals surface area contributed by atoms with E-state index in [1.165, 1.54) is 24.3 Å². The zero-order valence-electron chi connectivity index (χ0n) is 22.5. The van der Waals surface area contributed by atoms with Gasteiger partial charge in [-0.05, 0) is 67.1 Å². The molecule has 2 aromatic carbocycles. The van der Waals surface area contributed by atoms with E-state index < -0.39 is 23.6 Å². The summed E-state index contributed by atoms with van der Waals surface area (Å²) in [6, 6.07) is 12.4. The summed E-state index contributed by atoms with van der Waals surface area (Å²) in [5.41, 5.74) is 2.77. The Morgan fingerprint density at radius 3 is 2.61 bits per heavy atom. The van der Waals surface area contributed by atoms with Crippen LogP contribution in [0.1, 0.15) is 42.4 Å². The Morgan fingerprint density at radius 2 is 1.88 bits per heavy atom. The van der Waals surface area contributed by atoms with Crippen molar-refractivity contribution in [2.75, 3.05) is 6.54 Å². The molecule has 210 valence electrons. The number of pyridine rings is 1. The summed E-state index contributed by atoms with van der Waals surface area (Å²) in [4.78, 5) is 48.5. The molecule has 3 amide bonds. The third-order valence-corrected chi connectivity index (χ3v) is 8.31. The number of hydrogen-bond donors (Lipinski definition) is 3. The largest absolute Gasteiger partial charge is 0.357 e. The van der Waals surface area contributed by atoms with E-state index >= 15 is 0 Å². The number of H-pyrrole nitrogens is 1. The molecule has 0 bridgehead atoms. The smallest absolute Gasteiger partial charge is 0.251 e. The van der Waals surface area contributed by atoms with Crippen LogP contribution in [0.4, 0.5) is 8.78 Å². The fourth-order valence-corrected chi connectivity index (χ4v) is 5.98. The van der Waals surface area contributed by atoms with E-state index in [9.17, 15) is 23.2 Å². The molecular formula is C31H29F2N5O3.